The molecule has 6 nitrogen and oxygen atoms in total. The van der Waals surface area contributed by atoms with Gasteiger partial charge in [0.2, 0.25) is 15.9 Å². The van der Waals surface area contributed by atoms with E-state index in [4.69, 9.17) is 23.2 Å². The monoisotopic (exact) mass is 530 g/mol. The lowest BCUT2D eigenvalue weighted by Crippen LogP contribution is -2.42. The summed E-state index contributed by atoms with van der Waals surface area (Å²) in [5.74, 6) is -0.973. The molecule has 0 unspecified atom stereocenters. The summed E-state index contributed by atoms with van der Waals surface area (Å²) in [6, 6.07) is 20.2. The molecule has 0 atom stereocenters. The Morgan fingerprint density at radius 3 is 2.17 bits per heavy atom. The smallest absolute Gasteiger partial charge is 0.227 e. The fourth-order valence-corrected chi connectivity index (χ4v) is 5.93. The maximum atomic E-state index is 13.0. The number of benzene rings is 3. The maximum absolute atomic E-state index is 13.0. The number of piperidine rings is 1. The number of sulfonamides is 1. The Morgan fingerprint density at radius 2 is 1.51 bits per heavy atom. The van der Waals surface area contributed by atoms with Gasteiger partial charge in [-0.1, -0.05) is 65.7 Å². The molecule has 182 valence electrons. The second-order valence-electron chi connectivity index (χ2n) is 8.43. The fourth-order valence-electron chi connectivity index (χ4n) is 4.07. The first-order valence-corrected chi connectivity index (χ1v) is 13.5. The molecule has 0 bridgehead atoms. The third-order valence-electron chi connectivity index (χ3n) is 6.00. The minimum absolute atomic E-state index is 0.114. The van der Waals surface area contributed by atoms with Gasteiger partial charge in [-0.05, 0) is 48.7 Å². The molecule has 9 heteroatoms. The van der Waals surface area contributed by atoms with Gasteiger partial charge in [-0.3, -0.25) is 9.59 Å². The molecule has 1 aliphatic rings. The summed E-state index contributed by atoms with van der Waals surface area (Å²) in [6.07, 6.45) is 0.780. The number of carbonyl (C=O) groups excluding carboxylic acids is 2. The summed E-state index contributed by atoms with van der Waals surface area (Å²) in [5, 5.41) is 3.80. The van der Waals surface area contributed by atoms with Crippen LogP contribution in [0.1, 0.15) is 34.3 Å². The first-order valence-electron chi connectivity index (χ1n) is 11.2. The highest BCUT2D eigenvalue weighted by Gasteiger charge is 2.31. The highest BCUT2D eigenvalue weighted by atomic mass is 35.5. The molecule has 0 saturated carbocycles. The summed E-state index contributed by atoms with van der Waals surface area (Å²) in [7, 11) is -3.51. The van der Waals surface area contributed by atoms with E-state index in [0.717, 1.165) is 0 Å². The molecule has 0 aromatic heterocycles. The summed E-state index contributed by atoms with van der Waals surface area (Å²) >= 11 is 12.0. The van der Waals surface area contributed by atoms with Gasteiger partial charge in [0, 0.05) is 40.2 Å². The highest BCUT2D eigenvalue weighted by Crippen LogP contribution is 2.27. The second kappa shape index (κ2) is 10.9. The van der Waals surface area contributed by atoms with Gasteiger partial charge < -0.3 is 5.32 Å². The Bertz CT molecular complexity index is 1320. The molecule has 0 aliphatic carbocycles. The van der Waals surface area contributed by atoms with Crippen molar-refractivity contribution in [2.24, 2.45) is 5.92 Å². The number of hydrogen-bond donors (Lipinski definition) is 1. The number of rotatable bonds is 7. The average molecular weight is 531 g/mol. The zero-order chi connectivity index (χ0) is 25.0. The largest absolute Gasteiger partial charge is 0.325 e. The molecule has 1 amide bonds. The normalized spacial score (nSPS) is 15.0. The Hall–Kier alpha value is -2.71. The molecule has 1 saturated heterocycles. The lowest BCUT2D eigenvalue weighted by Gasteiger charge is -2.30. The van der Waals surface area contributed by atoms with Gasteiger partial charge in [0.15, 0.2) is 5.78 Å². The lowest BCUT2D eigenvalue weighted by molar-refractivity contribution is -0.120. The number of carbonyl (C=O) groups is 2. The number of nitrogens with one attached hydrogen (secondary N) is 1. The molecule has 1 aliphatic heterocycles. The van der Waals surface area contributed by atoms with Crippen molar-refractivity contribution in [3.05, 3.63) is 99.5 Å². The minimum Gasteiger partial charge on any atom is -0.325 e. The van der Waals surface area contributed by atoms with Crippen LogP contribution in [0.3, 0.4) is 0 Å². The van der Waals surface area contributed by atoms with Crippen molar-refractivity contribution >= 4 is 50.6 Å². The molecule has 4 rings (SSSR count). The van der Waals surface area contributed by atoms with Gasteiger partial charge in [-0.2, -0.15) is 0 Å². The summed E-state index contributed by atoms with van der Waals surface area (Å²) in [4.78, 5) is 26.0. The summed E-state index contributed by atoms with van der Waals surface area (Å²) < 4.78 is 27.1. The Morgan fingerprint density at radius 1 is 0.886 bits per heavy atom. The molecule has 0 spiro atoms. The van der Waals surface area contributed by atoms with Crippen LogP contribution in [0, 0.1) is 5.92 Å². The molecule has 0 radical (unpaired) electrons. The molecule has 1 fully saturated rings. The number of amides is 1. The predicted molar refractivity (Wildman–Crippen MR) is 138 cm³/mol. The van der Waals surface area contributed by atoms with Crippen molar-refractivity contribution in [1.29, 1.82) is 0 Å². The second-order valence-corrected chi connectivity index (χ2v) is 11.3. The first kappa shape index (κ1) is 25.4. The zero-order valence-corrected chi connectivity index (χ0v) is 21.1. The van der Waals surface area contributed by atoms with E-state index in [1.165, 1.54) is 4.31 Å². The van der Waals surface area contributed by atoms with E-state index in [0.29, 0.717) is 45.3 Å². The number of anilines is 1. The van der Waals surface area contributed by atoms with Crippen molar-refractivity contribution in [1.82, 2.24) is 4.31 Å². The van der Waals surface area contributed by atoms with E-state index in [1.54, 1.807) is 66.7 Å². The topological polar surface area (TPSA) is 83.6 Å². The van der Waals surface area contributed by atoms with Crippen molar-refractivity contribution < 1.29 is 18.0 Å². The van der Waals surface area contributed by atoms with Crippen LogP contribution in [0.25, 0.3) is 0 Å². The van der Waals surface area contributed by atoms with E-state index in [2.05, 4.69) is 5.32 Å². The van der Waals surface area contributed by atoms with Crippen LogP contribution < -0.4 is 5.32 Å². The number of halogens is 2. The van der Waals surface area contributed by atoms with Gasteiger partial charge in [0.25, 0.3) is 0 Å². The molecular formula is C26H24Cl2N2O4S. The van der Waals surface area contributed by atoms with Crippen LogP contribution in [-0.2, 0) is 20.6 Å². The SMILES string of the molecule is O=C(c1ccccc1)c1cc(Cl)ccc1NC(=O)C1CCN(S(=O)(=O)Cc2ccc(Cl)cc2)CC1. The van der Waals surface area contributed by atoms with Crippen molar-refractivity contribution in [2.75, 3.05) is 18.4 Å². The van der Waals surface area contributed by atoms with Gasteiger partial charge in [0.1, 0.15) is 0 Å². The van der Waals surface area contributed by atoms with Crippen molar-refractivity contribution in [3.8, 4) is 0 Å². The van der Waals surface area contributed by atoms with E-state index >= 15 is 0 Å². The van der Waals surface area contributed by atoms with Crippen LogP contribution in [-0.4, -0.2) is 37.5 Å². The molecule has 1 heterocycles. The third kappa shape index (κ3) is 6.30. The summed E-state index contributed by atoms with van der Waals surface area (Å²) in [5.41, 5.74) is 1.84. The Labute approximate surface area is 214 Å². The molecule has 1 N–H and O–H groups in total. The van der Waals surface area contributed by atoms with Crippen molar-refractivity contribution in [3.63, 3.8) is 0 Å². The predicted octanol–water partition coefficient (Wildman–Crippen LogP) is 5.40. The van der Waals surface area contributed by atoms with Gasteiger partial charge in [0.05, 0.1) is 11.4 Å². The fraction of sp³-hybridized carbons (Fsp3) is 0.231. The van der Waals surface area contributed by atoms with E-state index in [1.807, 2.05) is 6.07 Å². The van der Waals surface area contributed by atoms with Gasteiger partial charge in [-0.25, -0.2) is 12.7 Å². The average Bonchev–Trinajstić information content (AvgIpc) is 2.86. The molecule has 3 aromatic rings. The standard InChI is InChI=1S/C26H24Cl2N2O4S/c27-21-8-6-18(7-9-21)17-35(33,34)30-14-12-20(13-15-30)26(32)29-24-11-10-22(28)16-23(24)25(31)19-4-2-1-3-5-19/h1-11,16,20H,12-15,17H2,(H,29,32). The van der Waals surface area contributed by atoms with Gasteiger partial charge >= 0.3 is 0 Å². The molecular weight excluding hydrogens is 507 g/mol. The maximum Gasteiger partial charge on any atom is 0.227 e. The zero-order valence-electron chi connectivity index (χ0n) is 18.8. The van der Waals surface area contributed by atoms with Crippen LogP contribution in [0.5, 0.6) is 0 Å². The first-order chi connectivity index (χ1) is 16.7. The van der Waals surface area contributed by atoms with Gasteiger partial charge in [-0.15, -0.1) is 0 Å². The quantitative estimate of drug-likeness (QED) is 0.414. The van der Waals surface area contributed by atoms with E-state index in [-0.39, 0.29) is 36.5 Å². The summed E-state index contributed by atoms with van der Waals surface area (Å²) in [6.45, 7) is 0.509. The number of hydrogen-bond acceptors (Lipinski definition) is 4. The lowest BCUT2D eigenvalue weighted by atomic mass is 9.96. The highest BCUT2D eigenvalue weighted by molar-refractivity contribution is 7.88. The van der Waals surface area contributed by atoms with Crippen LogP contribution in [0.15, 0.2) is 72.8 Å². The van der Waals surface area contributed by atoms with Crippen LogP contribution in [0.4, 0.5) is 5.69 Å². The minimum atomic E-state index is -3.51. The van der Waals surface area contributed by atoms with Crippen molar-refractivity contribution in [2.45, 2.75) is 18.6 Å². The van der Waals surface area contributed by atoms with E-state index < -0.39 is 10.0 Å². The molecule has 3 aromatic carbocycles. The van der Waals surface area contributed by atoms with Crippen LogP contribution in [0.2, 0.25) is 10.0 Å². The number of nitrogens with zero attached hydrogens (tertiary/aromatic N) is 1. The Balaban J connectivity index is 1.41. The Kier molecular flexibility index (Phi) is 7.91. The number of ketones is 1. The molecule has 35 heavy (non-hydrogen) atoms. The van der Waals surface area contributed by atoms with Crippen LogP contribution >= 0.6 is 23.2 Å². The van der Waals surface area contributed by atoms with E-state index in [9.17, 15) is 18.0 Å². The third-order valence-corrected chi connectivity index (χ3v) is 8.34.